The largest absolute Gasteiger partial charge is 0.485 e. The van der Waals surface area contributed by atoms with Crippen LogP contribution in [0.4, 0.5) is 4.79 Å². The highest BCUT2D eigenvalue weighted by atomic mass is 16.6. The number of amides is 2. The van der Waals surface area contributed by atoms with Crippen LogP contribution in [-0.2, 0) is 9.53 Å². The van der Waals surface area contributed by atoms with Gasteiger partial charge in [-0.2, -0.15) is 0 Å². The summed E-state index contributed by atoms with van der Waals surface area (Å²) < 4.78 is 16.0. The first-order valence-electron chi connectivity index (χ1n) is 13.8. The zero-order valence-electron chi connectivity index (χ0n) is 25.2. The van der Waals surface area contributed by atoms with Gasteiger partial charge in [-0.25, -0.2) is 14.6 Å². The number of nitrogens with zero attached hydrogens (tertiary/aromatic N) is 1. The van der Waals surface area contributed by atoms with E-state index in [1.807, 2.05) is 30.5 Å². The molecule has 222 valence electrons. The van der Waals surface area contributed by atoms with Crippen molar-refractivity contribution in [3.63, 3.8) is 0 Å². The Labute approximate surface area is 243 Å². The minimum atomic E-state index is -1.06. The number of aromatic nitrogens is 1. The number of carbonyl (C=O) groups excluding carboxylic acids is 3. The second-order valence-electron chi connectivity index (χ2n) is 10.9. The van der Waals surface area contributed by atoms with Gasteiger partial charge in [-0.3, -0.25) is 10.1 Å². The van der Waals surface area contributed by atoms with Crippen molar-refractivity contribution >= 4 is 18.0 Å². The normalized spacial score (nSPS) is 15.9. The topological polar surface area (TPSA) is 130 Å². The van der Waals surface area contributed by atoms with Crippen LogP contribution in [0.15, 0.2) is 71.0 Å². The predicted octanol–water partition coefficient (Wildman–Crippen LogP) is 6.13. The van der Waals surface area contributed by atoms with E-state index in [9.17, 15) is 14.4 Å². The monoisotopic (exact) mass is 565 g/mol. The van der Waals surface area contributed by atoms with E-state index in [0.717, 1.165) is 11.1 Å². The SMILES string of the molecule is CC(C=CC1=C(C)CCCC1(C)C)=CC=CC(C)=CCOC(=O)c1cnc(OC(=O)NC(=O)CN)c(OC(C)C)c1. The quantitative estimate of drug-likeness (QED) is 0.242. The van der Waals surface area contributed by atoms with Crippen molar-refractivity contribution in [3.05, 3.63) is 76.6 Å². The van der Waals surface area contributed by atoms with E-state index in [-0.39, 0.29) is 41.9 Å². The molecule has 1 aromatic heterocycles. The van der Waals surface area contributed by atoms with E-state index in [0.29, 0.717) is 0 Å². The molecule has 1 aliphatic rings. The minimum Gasteiger partial charge on any atom is -0.485 e. The highest BCUT2D eigenvalue weighted by Crippen LogP contribution is 2.40. The molecule has 3 N–H and O–H groups in total. The molecule has 0 fully saturated rings. The molecule has 0 spiro atoms. The van der Waals surface area contributed by atoms with E-state index in [2.05, 4.69) is 44.8 Å². The Morgan fingerprint density at radius 1 is 1.17 bits per heavy atom. The molecule has 0 saturated carbocycles. The molecule has 2 rings (SSSR count). The molecule has 41 heavy (non-hydrogen) atoms. The summed E-state index contributed by atoms with van der Waals surface area (Å²) in [5.74, 6) is -1.49. The van der Waals surface area contributed by atoms with E-state index in [1.54, 1.807) is 19.9 Å². The highest BCUT2D eigenvalue weighted by Gasteiger charge is 2.26. The third kappa shape index (κ3) is 11.2. The number of hydrogen-bond acceptors (Lipinski definition) is 8. The van der Waals surface area contributed by atoms with Crippen molar-refractivity contribution < 1.29 is 28.6 Å². The molecule has 0 atom stereocenters. The van der Waals surface area contributed by atoms with E-state index in [4.69, 9.17) is 19.9 Å². The number of rotatable bonds is 11. The van der Waals surface area contributed by atoms with E-state index >= 15 is 0 Å². The number of allylic oxidation sites excluding steroid dienone is 9. The van der Waals surface area contributed by atoms with E-state index in [1.165, 1.54) is 42.7 Å². The van der Waals surface area contributed by atoms with Crippen LogP contribution < -0.4 is 20.5 Å². The number of nitrogens with two attached hydrogens (primary N) is 1. The molecule has 0 aromatic carbocycles. The number of nitrogens with one attached hydrogen (secondary N) is 1. The van der Waals surface area contributed by atoms with Gasteiger partial charge in [0.05, 0.1) is 18.2 Å². The summed E-state index contributed by atoms with van der Waals surface area (Å²) in [5, 5.41) is 1.95. The first kappa shape index (κ1) is 33.2. The van der Waals surface area contributed by atoms with Crippen molar-refractivity contribution in [2.75, 3.05) is 13.2 Å². The standard InChI is InChI=1S/C32H43N3O6/c1-21(2)40-27-18-25(20-34-29(27)41-31(38)35-28(36)19-33)30(37)39-17-15-23(4)11-8-10-22(3)13-14-26-24(5)12-9-16-32(26,6)7/h8,10-11,13-15,18,20-21H,9,12,16-17,19,33H2,1-7H3,(H,35,36,38). The van der Waals surface area contributed by atoms with Crippen LogP contribution in [0.3, 0.4) is 0 Å². The van der Waals surface area contributed by atoms with Crippen molar-refractivity contribution in [1.29, 1.82) is 0 Å². The van der Waals surface area contributed by atoms with Gasteiger partial charge in [-0.1, -0.05) is 60.9 Å². The lowest BCUT2D eigenvalue weighted by Gasteiger charge is -2.32. The summed E-state index contributed by atoms with van der Waals surface area (Å²) in [5.41, 5.74) is 10.5. The summed E-state index contributed by atoms with van der Waals surface area (Å²) in [4.78, 5) is 39.8. The summed E-state index contributed by atoms with van der Waals surface area (Å²) >= 11 is 0. The van der Waals surface area contributed by atoms with Gasteiger partial charge in [0.25, 0.3) is 5.88 Å². The number of carbonyl (C=O) groups is 3. The van der Waals surface area contributed by atoms with Crippen molar-refractivity contribution in [2.24, 2.45) is 11.1 Å². The molecule has 1 heterocycles. The Balaban J connectivity index is 1.98. The third-order valence-corrected chi connectivity index (χ3v) is 6.43. The average Bonchev–Trinajstić information content (AvgIpc) is 2.88. The zero-order valence-corrected chi connectivity index (χ0v) is 25.2. The van der Waals surface area contributed by atoms with Crippen LogP contribution in [0.1, 0.15) is 78.1 Å². The zero-order chi connectivity index (χ0) is 30.6. The first-order chi connectivity index (χ1) is 19.3. The van der Waals surface area contributed by atoms with Gasteiger partial charge in [0.2, 0.25) is 5.91 Å². The smallest absolute Gasteiger partial charge is 0.420 e. The van der Waals surface area contributed by atoms with Crippen molar-refractivity contribution in [3.8, 4) is 11.6 Å². The number of imide groups is 1. The lowest BCUT2D eigenvalue weighted by molar-refractivity contribution is -0.118. The molecular weight excluding hydrogens is 522 g/mol. The molecule has 1 aliphatic carbocycles. The highest BCUT2D eigenvalue weighted by molar-refractivity contribution is 5.93. The predicted molar refractivity (Wildman–Crippen MR) is 160 cm³/mol. The van der Waals surface area contributed by atoms with Gasteiger partial charge in [0, 0.05) is 12.3 Å². The van der Waals surface area contributed by atoms with Crippen LogP contribution in [-0.4, -0.2) is 42.2 Å². The maximum absolute atomic E-state index is 12.6. The lowest BCUT2D eigenvalue weighted by Crippen LogP contribution is -2.37. The Kier molecular flexibility index (Phi) is 12.7. The Hall–Kier alpha value is -3.98. The number of esters is 1. The van der Waals surface area contributed by atoms with Gasteiger partial charge in [-0.05, 0) is 70.9 Å². The fraction of sp³-hybridized carbons (Fsp3) is 0.438. The van der Waals surface area contributed by atoms with Gasteiger partial charge >= 0.3 is 12.1 Å². The second-order valence-corrected chi connectivity index (χ2v) is 10.9. The summed E-state index contributed by atoms with van der Waals surface area (Å²) in [6.07, 6.45) is 15.6. The summed E-state index contributed by atoms with van der Waals surface area (Å²) in [6, 6.07) is 1.37. The van der Waals surface area contributed by atoms with Crippen LogP contribution in [0.5, 0.6) is 11.6 Å². The number of pyridine rings is 1. The molecule has 0 aliphatic heterocycles. The van der Waals surface area contributed by atoms with Crippen LogP contribution in [0, 0.1) is 5.41 Å². The van der Waals surface area contributed by atoms with Gasteiger partial charge < -0.3 is 19.9 Å². The fourth-order valence-corrected chi connectivity index (χ4v) is 4.27. The van der Waals surface area contributed by atoms with Gasteiger partial charge in [0.1, 0.15) is 6.61 Å². The fourth-order valence-electron chi connectivity index (χ4n) is 4.27. The molecule has 9 nitrogen and oxygen atoms in total. The summed E-state index contributed by atoms with van der Waals surface area (Å²) in [7, 11) is 0. The molecule has 2 amide bonds. The van der Waals surface area contributed by atoms with Crippen molar-refractivity contribution in [1.82, 2.24) is 10.3 Å². The summed E-state index contributed by atoms with van der Waals surface area (Å²) in [6.45, 7) is 14.0. The van der Waals surface area contributed by atoms with Crippen LogP contribution >= 0.6 is 0 Å². The number of ether oxygens (including phenoxy) is 3. The lowest BCUT2D eigenvalue weighted by atomic mass is 9.72. The molecule has 0 radical (unpaired) electrons. The minimum absolute atomic E-state index is 0.0501. The van der Waals surface area contributed by atoms with Crippen LogP contribution in [0.2, 0.25) is 0 Å². The number of hydrogen-bond donors (Lipinski definition) is 2. The molecule has 0 bridgehead atoms. The van der Waals surface area contributed by atoms with Crippen LogP contribution in [0.25, 0.3) is 0 Å². The van der Waals surface area contributed by atoms with E-state index < -0.39 is 18.0 Å². The molecular formula is C32H43N3O6. The maximum Gasteiger partial charge on any atom is 0.420 e. The third-order valence-electron chi connectivity index (χ3n) is 6.43. The molecule has 0 unspecified atom stereocenters. The molecule has 1 aromatic rings. The van der Waals surface area contributed by atoms with Crippen molar-refractivity contribution in [2.45, 2.75) is 73.8 Å². The Bertz CT molecular complexity index is 1270. The molecule has 0 saturated heterocycles. The Morgan fingerprint density at radius 2 is 1.90 bits per heavy atom. The second kappa shape index (κ2) is 15.7. The van der Waals surface area contributed by atoms with Gasteiger partial charge in [-0.15, -0.1) is 0 Å². The molecule has 9 heteroatoms. The Morgan fingerprint density at radius 3 is 2.56 bits per heavy atom. The first-order valence-corrected chi connectivity index (χ1v) is 13.8. The maximum atomic E-state index is 12.6. The van der Waals surface area contributed by atoms with Gasteiger partial charge in [0.15, 0.2) is 5.75 Å². The average molecular weight is 566 g/mol.